The number of hydrogen-bond acceptors (Lipinski definition) is 4. The van der Waals surface area contributed by atoms with Gasteiger partial charge < -0.3 is 26.7 Å². The molecule has 29 heavy (non-hydrogen) atoms. The molecule has 2 aromatic rings. The van der Waals surface area contributed by atoms with E-state index < -0.39 is 0 Å². The summed E-state index contributed by atoms with van der Waals surface area (Å²) in [5.74, 6) is 0.273. The highest BCUT2D eigenvalue weighted by molar-refractivity contribution is 6.30. The van der Waals surface area contributed by atoms with Crippen LogP contribution in [0.15, 0.2) is 52.7 Å². The Labute approximate surface area is 184 Å². The van der Waals surface area contributed by atoms with Crippen molar-refractivity contribution in [3.05, 3.63) is 53.1 Å². The van der Waals surface area contributed by atoms with E-state index in [9.17, 15) is 5.11 Å². The van der Waals surface area contributed by atoms with Crippen molar-refractivity contribution in [3.8, 4) is 5.75 Å². The van der Waals surface area contributed by atoms with E-state index in [1.54, 1.807) is 24.3 Å². The summed E-state index contributed by atoms with van der Waals surface area (Å²) in [7, 11) is 4.23. The first-order chi connectivity index (χ1) is 13.4. The molecule has 0 saturated heterocycles. The number of phenols is 1. The van der Waals surface area contributed by atoms with Crippen molar-refractivity contribution >= 4 is 23.0 Å². The zero-order chi connectivity index (χ0) is 20.0. The molecule has 0 aromatic heterocycles. The maximum absolute atomic E-state index is 10.3. The van der Waals surface area contributed by atoms with Crippen LogP contribution in [-0.4, -0.2) is 36.5 Å². The van der Waals surface area contributed by atoms with Gasteiger partial charge in [-0.3, -0.25) is 0 Å². The van der Waals surface area contributed by atoms with Gasteiger partial charge in [0, 0.05) is 5.02 Å². The third-order valence-electron chi connectivity index (χ3n) is 4.98. The van der Waals surface area contributed by atoms with Crippen molar-refractivity contribution in [1.82, 2.24) is 0 Å². The number of hydrogen-bond donors (Lipinski definition) is 1. The summed E-state index contributed by atoms with van der Waals surface area (Å²) in [5.41, 5.74) is 2.27. The van der Waals surface area contributed by atoms with Crippen LogP contribution >= 0.6 is 11.6 Å². The number of azo groups is 1. The Morgan fingerprint density at radius 1 is 1.00 bits per heavy atom. The average Bonchev–Trinajstić information content (AvgIpc) is 2.69. The van der Waals surface area contributed by atoms with Crippen molar-refractivity contribution in [2.24, 2.45) is 10.2 Å². The SMILES string of the molecule is C[N+](C)(COC1CCCCC1)Cc1cc(N=Nc2ccc(Cl)cc2)ccc1O.[Cl-]. The number of quaternary nitrogens is 1. The molecule has 0 unspecified atom stereocenters. The first-order valence-corrected chi connectivity index (χ1v) is 10.2. The molecule has 1 aliphatic rings. The fourth-order valence-electron chi connectivity index (χ4n) is 3.43. The Kier molecular flexibility index (Phi) is 8.90. The maximum Gasteiger partial charge on any atom is 0.183 e. The molecule has 1 saturated carbocycles. The monoisotopic (exact) mass is 437 g/mol. The van der Waals surface area contributed by atoms with Gasteiger partial charge in [-0.1, -0.05) is 30.9 Å². The summed E-state index contributed by atoms with van der Waals surface area (Å²) in [6, 6.07) is 12.5. The van der Waals surface area contributed by atoms with Gasteiger partial charge in [-0.05, 0) is 55.3 Å². The average molecular weight is 438 g/mol. The van der Waals surface area contributed by atoms with Crippen LogP contribution in [0.1, 0.15) is 37.7 Å². The molecule has 0 atom stereocenters. The molecule has 158 valence electrons. The van der Waals surface area contributed by atoms with E-state index in [-0.39, 0.29) is 18.2 Å². The molecular weight excluding hydrogens is 409 g/mol. The van der Waals surface area contributed by atoms with E-state index in [0.717, 1.165) is 24.1 Å². The lowest BCUT2D eigenvalue weighted by Crippen LogP contribution is -3.00. The van der Waals surface area contributed by atoms with Crippen LogP contribution in [0.4, 0.5) is 11.4 Å². The van der Waals surface area contributed by atoms with Crippen LogP contribution in [-0.2, 0) is 11.3 Å². The maximum atomic E-state index is 10.3. The molecule has 1 N–H and O–H groups in total. The van der Waals surface area contributed by atoms with Crippen LogP contribution in [0.5, 0.6) is 5.75 Å². The van der Waals surface area contributed by atoms with Crippen LogP contribution in [0.2, 0.25) is 5.02 Å². The van der Waals surface area contributed by atoms with Gasteiger partial charge >= 0.3 is 0 Å². The second-order valence-electron chi connectivity index (χ2n) is 8.14. The minimum Gasteiger partial charge on any atom is -1.00 e. The van der Waals surface area contributed by atoms with Gasteiger partial charge in [-0.2, -0.15) is 10.2 Å². The summed E-state index contributed by atoms with van der Waals surface area (Å²) in [6.07, 6.45) is 6.54. The Hall–Kier alpha value is -1.66. The van der Waals surface area contributed by atoms with Gasteiger partial charge in [0.2, 0.25) is 0 Å². The molecule has 3 rings (SSSR count). The molecule has 5 nitrogen and oxygen atoms in total. The summed E-state index contributed by atoms with van der Waals surface area (Å²) in [6.45, 7) is 1.28. The number of rotatable bonds is 7. The van der Waals surface area contributed by atoms with E-state index in [1.165, 1.54) is 19.3 Å². The lowest BCUT2D eigenvalue weighted by atomic mass is 9.98. The minimum atomic E-state index is 0. The Balaban J connectivity index is 0.00000300. The van der Waals surface area contributed by atoms with Gasteiger partial charge in [0.05, 0.1) is 37.1 Å². The van der Waals surface area contributed by atoms with Crippen molar-refractivity contribution in [2.45, 2.75) is 44.8 Å². The number of phenolic OH excluding ortho intramolecular Hbond substituents is 1. The lowest BCUT2D eigenvalue weighted by molar-refractivity contribution is -0.923. The predicted molar refractivity (Wildman–Crippen MR) is 112 cm³/mol. The Morgan fingerprint density at radius 2 is 1.62 bits per heavy atom. The Morgan fingerprint density at radius 3 is 2.31 bits per heavy atom. The molecular formula is C22H29Cl2N3O2. The van der Waals surface area contributed by atoms with Gasteiger partial charge in [-0.25, -0.2) is 0 Å². The quantitative estimate of drug-likeness (QED) is 0.410. The minimum absolute atomic E-state index is 0. The van der Waals surface area contributed by atoms with Gasteiger partial charge in [0.15, 0.2) is 6.73 Å². The fourth-order valence-corrected chi connectivity index (χ4v) is 3.56. The highest BCUT2D eigenvalue weighted by Crippen LogP contribution is 2.28. The number of ether oxygens (including phenoxy) is 1. The number of aromatic hydroxyl groups is 1. The topological polar surface area (TPSA) is 54.2 Å². The highest BCUT2D eigenvalue weighted by Gasteiger charge is 2.22. The summed E-state index contributed by atoms with van der Waals surface area (Å²) < 4.78 is 6.78. The largest absolute Gasteiger partial charge is 1.00 e. The fraction of sp³-hybridized carbons (Fsp3) is 0.455. The zero-order valence-electron chi connectivity index (χ0n) is 17.0. The molecule has 1 aliphatic carbocycles. The molecule has 0 bridgehead atoms. The van der Waals surface area contributed by atoms with E-state index in [2.05, 4.69) is 24.3 Å². The zero-order valence-corrected chi connectivity index (χ0v) is 18.5. The van der Waals surface area contributed by atoms with E-state index in [0.29, 0.717) is 34.6 Å². The second-order valence-corrected chi connectivity index (χ2v) is 8.58. The molecule has 0 heterocycles. The third kappa shape index (κ3) is 7.59. The van der Waals surface area contributed by atoms with Crippen LogP contribution in [0.25, 0.3) is 0 Å². The second kappa shape index (κ2) is 10.9. The first kappa shape index (κ1) is 23.6. The van der Waals surface area contributed by atoms with E-state index in [1.807, 2.05) is 18.2 Å². The van der Waals surface area contributed by atoms with Crippen molar-refractivity contribution in [3.63, 3.8) is 0 Å². The molecule has 2 aromatic carbocycles. The van der Waals surface area contributed by atoms with E-state index in [4.69, 9.17) is 16.3 Å². The smallest absolute Gasteiger partial charge is 0.183 e. The third-order valence-corrected chi connectivity index (χ3v) is 5.23. The molecule has 0 radical (unpaired) electrons. The first-order valence-electron chi connectivity index (χ1n) is 9.84. The summed E-state index contributed by atoms with van der Waals surface area (Å²) in [4.78, 5) is 0. The molecule has 0 spiro atoms. The van der Waals surface area contributed by atoms with E-state index >= 15 is 0 Å². The van der Waals surface area contributed by atoms with Crippen LogP contribution in [0.3, 0.4) is 0 Å². The lowest BCUT2D eigenvalue weighted by Gasteiger charge is -2.32. The van der Waals surface area contributed by atoms with Crippen molar-refractivity contribution in [1.29, 1.82) is 0 Å². The number of nitrogens with zero attached hydrogens (tertiary/aromatic N) is 3. The highest BCUT2D eigenvalue weighted by atomic mass is 35.5. The van der Waals surface area contributed by atoms with Crippen molar-refractivity contribution < 1.29 is 26.7 Å². The molecule has 0 amide bonds. The molecule has 0 aliphatic heterocycles. The standard InChI is InChI=1S/C22H28ClN3O2.ClH/c1-26(2,16-28-21-6-4-3-5-7-21)15-17-14-20(12-13-22(17)27)25-24-19-10-8-18(23)9-11-19;/h8-14,21H,3-7,15-16H2,1-2H3;1H. The van der Waals surface area contributed by atoms with Crippen molar-refractivity contribution in [2.75, 3.05) is 20.8 Å². The van der Waals surface area contributed by atoms with Crippen LogP contribution in [0, 0.1) is 0 Å². The Bertz CT molecular complexity index is 804. The molecule has 7 heteroatoms. The van der Waals surface area contributed by atoms with Gasteiger partial charge in [0.1, 0.15) is 12.3 Å². The normalized spacial score (nSPS) is 15.4. The number of halogens is 2. The molecule has 1 fully saturated rings. The summed E-state index contributed by atoms with van der Waals surface area (Å²) >= 11 is 5.89. The van der Waals surface area contributed by atoms with Crippen LogP contribution < -0.4 is 12.4 Å². The van der Waals surface area contributed by atoms with Gasteiger partial charge in [-0.15, -0.1) is 0 Å². The summed E-state index contributed by atoms with van der Waals surface area (Å²) in [5, 5.41) is 19.5. The number of benzene rings is 2. The predicted octanol–water partition coefficient (Wildman–Crippen LogP) is 3.35. The van der Waals surface area contributed by atoms with Gasteiger partial charge in [0.25, 0.3) is 0 Å².